The van der Waals surface area contributed by atoms with Gasteiger partial charge in [-0.15, -0.1) is 0 Å². The van der Waals surface area contributed by atoms with Crippen molar-refractivity contribution in [2.75, 3.05) is 20.8 Å². The monoisotopic (exact) mass is 327 g/mol. The molecule has 2 heterocycles. The van der Waals surface area contributed by atoms with Crippen LogP contribution in [0.3, 0.4) is 0 Å². The third-order valence-electron chi connectivity index (χ3n) is 5.27. The van der Waals surface area contributed by atoms with E-state index in [1.54, 1.807) is 20.3 Å². The summed E-state index contributed by atoms with van der Waals surface area (Å²) in [6.45, 7) is 1.55. The molecule has 2 N–H and O–H groups in total. The lowest BCUT2D eigenvalue weighted by Gasteiger charge is -2.42. The van der Waals surface area contributed by atoms with Gasteiger partial charge in [-0.1, -0.05) is 12.1 Å². The number of phenolic OH excluding ortho intramolecular Hbond substituents is 2. The van der Waals surface area contributed by atoms with Crippen molar-refractivity contribution < 1.29 is 19.7 Å². The van der Waals surface area contributed by atoms with Gasteiger partial charge in [-0.05, 0) is 36.1 Å². The number of ether oxygens (including phenoxy) is 2. The number of hydrogen-bond donors (Lipinski definition) is 2. The van der Waals surface area contributed by atoms with Crippen molar-refractivity contribution in [2.24, 2.45) is 0 Å². The molecule has 2 aromatic carbocycles. The molecule has 1 atom stereocenters. The molecule has 0 amide bonds. The molecule has 2 aliphatic rings. The zero-order valence-corrected chi connectivity index (χ0v) is 13.9. The maximum Gasteiger partial charge on any atom is 0.162 e. The minimum absolute atomic E-state index is 0.101. The minimum atomic E-state index is 0.101. The normalized spacial score (nSPS) is 19.2. The second-order valence-electron chi connectivity index (χ2n) is 6.38. The van der Waals surface area contributed by atoms with E-state index in [0.29, 0.717) is 18.0 Å². The molecule has 2 aromatic rings. The summed E-state index contributed by atoms with van der Waals surface area (Å²) in [7, 11) is 3.14. The van der Waals surface area contributed by atoms with Crippen molar-refractivity contribution in [2.45, 2.75) is 25.4 Å². The highest BCUT2D eigenvalue weighted by molar-refractivity contribution is 5.56. The summed E-state index contributed by atoms with van der Waals surface area (Å²) in [6.07, 6.45) is 1.63. The second kappa shape index (κ2) is 5.60. The number of rotatable bonds is 2. The average molecular weight is 327 g/mol. The quantitative estimate of drug-likeness (QED) is 0.888. The molecule has 126 valence electrons. The predicted molar refractivity (Wildman–Crippen MR) is 89.9 cm³/mol. The lowest BCUT2D eigenvalue weighted by Crippen LogP contribution is -2.39. The van der Waals surface area contributed by atoms with E-state index in [2.05, 4.69) is 4.90 Å². The lowest BCUT2D eigenvalue weighted by molar-refractivity contribution is 0.154. The molecule has 0 unspecified atom stereocenters. The number of hydrogen-bond acceptors (Lipinski definition) is 5. The first-order valence-corrected chi connectivity index (χ1v) is 8.14. The van der Waals surface area contributed by atoms with Gasteiger partial charge in [0.15, 0.2) is 23.0 Å². The predicted octanol–water partition coefficient (Wildman–Crippen LogP) is 2.77. The van der Waals surface area contributed by atoms with Crippen molar-refractivity contribution in [3.8, 4) is 23.0 Å². The van der Waals surface area contributed by atoms with Crippen molar-refractivity contribution in [1.29, 1.82) is 0 Å². The zero-order valence-electron chi connectivity index (χ0n) is 13.9. The Morgan fingerprint density at radius 2 is 1.62 bits per heavy atom. The minimum Gasteiger partial charge on any atom is -0.504 e. The van der Waals surface area contributed by atoms with Crippen LogP contribution >= 0.6 is 0 Å². The number of methoxy groups -OCH3 is 2. The summed E-state index contributed by atoms with van der Waals surface area (Å²) in [5, 5.41) is 21.1. The van der Waals surface area contributed by atoms with Crippen LogP contribution in [0.2, 0.25) is 0 Å². The van der Waals surface area contributed by atoms with Crippen LogP contribution in [-0.4, -0.2) is 35.9 Å². The van der Waals surface area contributed by atoms with Gasteiger partial charge in [-0.25, -0.2) is 0 Å². The summed E-state index contributed by atoms with van der Waals surface area (Å²) in [5.41, 5.74) is 4.17. The molecular weight excluding hydrogens is 306 g/mol. The highest BCUT2D eigenvalue weighted by atomic mass is 16.5. The summed E-state index contributed by atoms with van der Waals surface area (Å²) < 4.78 is 10.5. The Balaban J connectivity index is 1.80. The molecule has 2 aliphatic heterocycles. The van der Waals surface area contributed by atoms with Crippen LogP contribution in [0.25, 0.3) is 0 Å². The molecule has 0 bridgehead atoms. The Morgan fingerprint density at radius 1 is 0.958 bits per heavy atom. The maximum absolute atomic E-state index is 10.6. The van der Waals surface area contributed by atoms with E-state index in [-0.39, 0.29) is 17.5 Å². The van der Waals surface area contributed by atoms with E-state index in [4.69, 9.17) is 9.47 Å². The van der Waals surface area contributed by atoms with E-state index < -0.39 is 0 Å². The molecule has 0 fully saturated rings. The first-order chi connectivity index (χ1) is 11.6. The van der Waals surface area contributed by atoms with E-state index in [1.165, 1.54) is 5.56 Å². The molecule has 0 radical (unpaired) electrons. The van der Waals surface area contributed by atoms with Gasteiger partial charge in [0.25, 0.3) is 0 Å². The van der Waals surface area contributed by atoms with Crippen LogP contribution in [0.1, 0.15) is 28.3 Å². The van der Waals surface area contributed by atoms with Gasteiger partial charge in [0.05, 0.1) is 14.2 Å². The van der Waals surface area contributed by atoms with Gasteiger partial charge in [-0.2, -0.15) is 0 Å². The number of phenols is 2. The summed E-state index contributed by atoms with van der Waals surface area (Å²) >= 11 is 0. The topological polar surface area (TPSA) is 62.2 Å². The van der Waals surface area contributed by atoms with E-state index in [0.717, 1.165) is 36.1 Å². The standard InChI is InChI=1S/C19H21NO4/c1-23-15-6-4-12-9-14-17-11(3-5-16(24-2)19(17)22)7-8-20(14)10-13(12)18(15)21/h3-6,14,21-22H,7-10H2,1-2H3/t14-/m0/s1. The van der Waals surface area contributed by atoms with Gasteiger partial charge >= 0.3 is 0 Å². The molecule has 24 heavy (non-hydrogen) atoms. The summed E-state index contributed by atoms with van der Waals surface area (Å²) in [4.78, 5) is 2.31. The SMILES string of the molecule is COc1ccc2c(c1O)CN1CCc3ccc(OC)c(O)c3[C@@H]1C2. The van der Waals surface area contributed by atoms with E-state index in [1.807, 2.05) is 18.2 Å². The smallest absolute Gasteiger partial charge is 0.162 e. The molecule has 0 saturated heterocycles. The fraction of sp³-hybridized carbons (Fsp3) is 0.368. The van der Waals surface area contributed by atoms with Crippen LogP contribution in [0.15, 0.2) is 24.3 Å². The van der Waals surface area contributed by atoms with Crippen molar-refractivity contribution in [3.63, 3.8) is 0 Å². The Hall–Kier alpha value is -2.40. The van der Waals surface area contributed by atoms with Gasteiger partial charge in [0.2, 0.25) is 0 Å². The van der Waals surface area contributed by atoms with E-state index >= 15 is 0 Å². The molecule has 4 rings (SSSR count). The van der Waals surface area contributed by atoms with Crippen LogP contribution in [0, 0.1) is 0 Å². The van der Waals surface area contributed by atoms with Crippen molar-refractivity contribution >= 4 is 0 Å². The number of fused-ring (bicyclic) bond motifs is 4. The largest absolute Gasteiger partial charge is 0.504 e. The zero-order chi connectivity index (χ0) is 16.8. The molecule has 0 aromatic heterocycles. The first kappa shape index (κ1) is 15.1. The third-order valence-corrected chi connectivity index (χ3v) is 5.27. The van der Waals surface area contributed by atoms with Gasteiger partial charge in [-0.3, -0.25) is 4.90 Å². The Labute approximate surface area is 141 Å². The molecule has 0 aliphatic carbocycles. The Bertz CT molecular complexity index is 802. The Kier molecular flexibility index (Phi) is 3.53. The molecule has 0 saturated carbocycles. The molecule has 5 heteroatoms. The number of nitrogens with zero attached hydrogens (tertiary/aromatic N) is 1. The van der Waals surface area contributed by atoms with Crippen LogP contribution in [-0.2, 0) is 19.4 Å². The molecule has 0 spiro atoms. The lowest BCUT2D eigenvalue weighted by atomic mass is 9.83. The van der Waals surface area contributed by atoms with Crippen molar-refractivity contribution in [3.05, 3.63) is 46.5 Å². The Morgan fingerprint density at radius 3 is 2.33 bits per heavy atom. The molecule has 5 nitrogen and oxygen atoms in total. The number of aromatic hydroxyl groups is 2. The summed E-state index contributed by atoms with van der Waals surface area (Å²) in [6, 6.07) is 7.79. The highest BCUT2D eigenvalue weighted by Crippen LogP contribution is 2.47. The van der Waals surface area contributed by atoms with Gasteiger partial charge in [0.1, 0.15) is 0 Å². The fourth-order valence-electron chi connectivity index (χ4n) is 4.01. The van der Waals surface area contributed by atoms with Gasteiger partial charge in [0, 0.05) is 30.3 Å². The molecular formula is C19H21NO4. The average Bonchev–Trinajstić information content (AvgIpc) is 2.61. The third kappa shape index (κ3) is 2.12. The second-order valence-corrected chi connectivity index (χ2v) is 6.38. The van der Waals surface area contributed by atoms with Crippen molar-refractivity contribution in [1.82, 2.24) is 4.90 Å². The first-order valence-electron chi connectivity index (χ1n) is 8.14. The van der Waals surface area contributed by atoms with Crippen LogP contribution in [0.4, 0.5) is 0 Å². The van der Waals surface area contributed by atoms with Gasteiger partial charge < -0.3 is 19.7 Å². The summed E-state index contributed by atoms with van der Waals surface area (Å²) in [5.74, 6) is 1.49. The van der Waals surface area contributed by atoms with E-state index in [9.17, 15) is 10.2 Å². The maximum atomic E-state index is 10.6. The number of benzene rings is 2. The highest BCUT2D eigenvalue weighted by Gasteiger charge is 2.36. The van der Waals surface area contributed by atoms with Crippen LogP contribution in [0.5, 0.6) is 23.0 Å². The fourth-order valence-corrected chi connectivity index (χ4v) is 4.01. The van der Waals surface area contributed by atoms with Crippen LogP contribution < -0.4 is 9.47 Å².